The summed E-state index contributed by atoms with van der Waals surface area (Å²) in [7, 11) is 0. The summed E-state index contributed by atoms with van der Waals surface area (Å²) >= 11 is 3.32. The molecule has 102 valence electrons. The van der Waals surface area contributed by atoms with Gasteiger partial charge in [0.15, 0.2) is 0 Å². The third-order valence-electron chi connectivity index (χ3n) is 3.00. The van der Waals surface area contributed by atoms with Crippen LogP contribution in [-0.4, -0.2) is 36.3 Å². The van der Waals surface area contributed by atoms with Crippen molar-refractivity contribution in [3.63, 3.8) is 0 Å². The van der Waals surface area contributed by atoms with Gasteiger partial charge in [-0.2, -0.15) is 0 Å². The first kappa shape index (κ1) is 14.2. The molecule has 1 aromatic carbocycles. The molecule has 0 aliphatic carbocycles. The fourth-order valence-corrected chi connectivity index (χ4v) is 2.41. The Balaban J connectivity index is 2.02. The molecule has 0 atom stereocenters. The van der Waals surface area contributed by atoms with E-state index in [1.807, 2.05) is 0 Å². The van der Waals surface area contributed by atoms with Crippen LogP contribution in [0.15, 0.2) is 22.7 Å². The highest BCUT2D eigenvalue weighted by Crippen LogP contribution is 2.25. The lowest BCUT2D eigenvalue weighted by molar-refractivity contribution is 0.0655. The monoisotopic (exact) mass is 324 g/mol. The summed E-state index contributed by atoms with van der Waals surface area (Å²) in [5.74, 6) is 0.157. The van der Waals surface area contributed by atoms with Gasteiger partial charge < -0.3 is 5.32 Å². The van der Waals surface area contributed by atoms with Crippen molar-refractivity contribution in [1.29, 1.82) is 0 Å². The molecule has 5 heteroatoms. The van der Waals surface area contributed by atoms with Crippen LogP contribution in [0.2, 0.25) is 0 Å². The third-order valence-corrected chi connectivity index (χ3v) is 3.49. The van der Waals surface area contributed by atoms with Crippen molar-refractivity contribution in [1.82, 2.24) is 10.2 Å². The molecule has 0 unspecified atom stereocenters. The fraction of sp³-hybridized carbons (Fsp3) is 0.429. The normalized spacial score (nSPS) is 14.4. The predicted molar refractivity (Wildman–Crippen MR) is 77.2 cm³/mol. The predicted octanol–water partition coefficient (Wildman–Crippen LogP) is 2.29. The van der Waals surface area contributed by atoms with Crippen LogP contribution in [0, 0.1) is 5.92 Å². The quantitative estimate of drug-likeness (QED) is 0.667. The van der Waals surface area contributed by atoms with E-state index in [1.54, 1.807) is 18.2 Å². The van der Waals surface area contributed by atoms with Gasteiger partial charge in [0.05, 0.1) is 11.1 Å². The second-order valence-corrected chi connectivity index (χ2v) is 5.97. The maximum Gasteiger partial charge on any atom is 0.261 e. The van der Waals surface area contributed by atoms with Crippen LogP contribution < -0.4 is 5.32 Å². The molecule has 0 aromatic heterocycles. The average molecular weight is 325 g/mol. The fourth-order valence-electron chi connectivity index (χ4n) is 2.05. The molecule has 4 nitrogen and oxygen atoms in total. The Bertz CT molecular complexity index is 514. The molecule has 0 fully saturated rings. The van der Waals surface area contributed by atoms with Gasteiger partial charge in [0.25, 0.3) is 11.8 Å². The van der Waals surface area contributed by atoms with Crippen molar-refractivity contribution in [2.24, 2.45) is 5.92 Å². The first-order valence-corrected chi connectivity index (χ1v) is 7.16. The van der Waals surface area contributed by atoms with Crippen LogP contribution in [0.3, 0.4) is 0 Å². The number of benzene rings is 1. The standard InChI is InChI=1S/C14H17BrN2O2/c1-9(2)8-16-5-6-17-13(18)11-4-3-10(15)7-12(11)14(17)19/h3-4,7,9,16H,5-6,8H2,1-2H3. The summed E-state index contributed by atoms with van der Waals surface area (Å²) in [6, 6.07) is 5.18. The zero-order valence-corrected chi connectivity index (χ0v) is 12.7. The molecule has 19 heavy (non-hydrogen) atoms. The number of halogens is 1. The molecular formula is C14H17BrN2O2. The van der Waals surface area contributed by atoms with Gasteiger partial charge >= 0.3 is 0 Å². The number of carbonyl (C=O) groups excluding carboxylic acids is 2. The minimum absolute atomic E-state index is 0.196. The van der Waals surface area contributed by atoms with E-state index in [9.17, 15) is 9.59 Å². The molecule has 0 spiro atoms. The first-order chi connectivity index (χ1) is 9.00. The molecule has 1 aromatic rings. The van der Waals surface area contributed by atoms with Crippen LogP contribution in [0.1, 0.15) is 34.6 Å². The highest BCUT2D eigenvalue weighted by atomic mass is 79.9. The number of amides is 2. The van der Waals surface area contributed by atoms with E-state index in [4.69, 9.17) is 0 Å². The third kappa shape index (κ3) is 3.04. The first-order valence-electron chi connectivity index (χ1n) is 6.37. The number of nitrogens with one attached hydrogen (secondary N) is 1. The SMILES string of the molecule is CC(C)CNCCN1C(=O)c2ccc(Br)cc2C1=O. The van der Waals surface area contributed by atoms with Gasteiger partial charge in [-0.05, 0) is 30.7 Å². The second kappa shape index (κ2) is 5.84. The van der Waals surface area contributed by atoms with E-state index in [0.717, 1.165) is 11.0 Å². The number of rotatable bonds is 5. The van der Waals surface area contributed by atoms with Crippen molar-refractivity contribution in [2.75, 3.05) is 19.6 Å². The van der Waals surface area contributed by atoms with Gasteiger partial charge in [0.1, 0.15) is 0 Å². The molecule has 1 aliphatic rings. The number of hydrogen-bond donors (Lipinski definition) is 1. The van der Waals surface area contributed by atoms with E-state index in [-0.39, 0.29) is 11.8 Å². The Kier molecular flexibility index (Phi) is 4.37. The highest BCUT2D eigenvalue weighted by molar-refractivity contribution is 9.10. The topological polar surface area (TPSA) is 49.4 Å². The second-order valence-electron chi connectivity index (χ2n) is 5.05. The Morgan fingerprint density at radius 2 is 1.89 bits per heavy atom. The van der Waals surface area contributed by atoms with Crippen LogP contribution in [0.4, 0.5) is 0 Å². The number of hydrogen-bond acceptors (Lipinski definition) is 3. The van der Waals surface area contributed by atoms with Crippen molar-refractivity contribution < 1.29 is 9.59 Å². The highest BCUT2D eigenvalue weighted by Gasteiger charge is 2.34. The summed E-state index contributed by atoms with van der Waals surface area (Å²) < 4.78 is 0.812. The number of nitrogens with zero attached hydrogens (tertiary/aromatic N) is 1. The van der Waals surface area contributed by atoms with Crippen LogP contribution in [0.5, 0.6) is 0 Å². The minimum Gasteiger partial charge on any atom is -0.315 e. The van der Waals surface area contributed by atoms with E-state index >= 15 is 0 Å². The molecule has 2 amide bonds. The zero-order valence-electron chi connectivity index (χ0n) is 11.1. The Labute approximate surface area is 121 Å². The van der Waals surface area contributed by atoms with Gasteiger partial charge in [-0.1, -0.05) is 29.8 Å². The van der Waals surface area contributed by atoms with Gasteiger partial charge in [-0.15, -0.1) is 0 Å². The molecule has 0 saturated carbocycles. The largest absolute Gasteiger partial charge is 0.315 e. The maximum atomic E-state index is 12.1. The molecule has 1 N–H and O–H groups in total. The summed E-state index contributed by atoms with van der Waals surface area (Å²) in [4.78, 5) is 25.6. The average Bonchev–Trinajstić information content (AvgIpc) is 2.58. The lowest BCUT2D eigenvalue weighted by Gasteiger charge is -2.14. The van der Waals surface area contributed by atoms with Gasteiger partial charge in [-0.25, -0.2) is 0 Å². The Hall–Kier alpha value is -1.20. The molecule has 1 heterocycles. The lowest BCUT2D eigenvalue weighted by atomic mass is 10.1. The Morgan fingerprint density at radius 1 is 1.21 bits per heavy atom. The van der Waals surface area contributed by atoms with Crippen LogP contribution in [0.25, 0.3) is 0 Å². The number of imide groups is 1. The Morgan fingerprint density at radius 3 is 2.58 bits per heavy atom. The van der Waals surface area contributed by atoms with E-state index < -0.39 is 0 Å². The minimum atomic E-state index is -0.201. The molecular weight excluding hydrogens is 308 g/mol. The summed E-state index contributed by atoms with van der Waals surface area (Å²) in [6.07, 6.45) is 0. The van der Waals surface area contributed by atoms with Crippen molar-refractivity contribution in [2.45, 2.75) is 13.8 Å². The van der Waals surface area contributed by atoms with Crippen molar-refractivity contribution >= 4 is 27.7 Å². The summed E-state index contributed by atoms with van der Waals surface area (Å²) in [5.41, 5.74) is 0.986. The van der Waals surface area contributed by atoms with Crippen LogP contribution >= 0.6 is 15.9 Å². The van der Waals surface area contributed by atoms with Gasteiger partial charge in [-0.3, -0.25) is 14.5 Å². The maximum absolute atomic E-state index is 12.1. The molecule has 0 bridgehead atoms. The molecule has 1 aliphatic heterocycles. The van der Waals surface area contributed by atoms with Crippen LogP contribution in [-0.2, 0) is 0 Å². The lowest BCUT2D eigenvalue weighted by Crippen LogP contribution is -2.37. The molecule has 2 rings (SSSR count). The number of fused-ring (bicyclic) bond motifs is 1. The van der Waals surface area contributed by atoms with E-state index in [1.165, 1.54) is 4.90 Å². The molecule has 0 radical (unpaired) electrons. The smallest absolute Gasteiger partial charge is 0.261 e. The number of carbonyl (C=O) groups is 2. The van der Waals surface area contributed by atoms with Gasteiger partial charge in [0, 0.05) is 17.6 Å². The zero-order chi connectivity index (χ0) is 14.0. The van der Waals surface area contributed by atoms with Gasteiger partial charge in [0.2, 0.25) is 0 Å². The van der Waals surface area contributed by atoms with E-state index in [0.29, 0.717) is 30.1 Å². The summed E-state index contributed by atoms with van der Waals surface area (Å²) in [6.45, 7) is 6.16. The summed E-state index contributed by atoms with van der Waals surface area (Å²) in [5, 5.41) is 3.24. The van der Waals surface area contributed by atoms with E-state index in [2.05, 4.69) is 35.1 Å². The van der Waals surface area contributed by atoms with Crippen molar-refractivity contribution in [3.8, 4) is 0 Å². The molecule has 0 saturated heterocycles. The van der Waals surface area contributed by atoms with Crippen molar-refractivity contribution in [3.05, 3.63) is 33.8 Å².